The minimum Gasteiger partial charge on any atom is -0.484 e. The molecule has 2 heterocycles. The van der Waals surface area contributed by atoms with Gasteiger partial charge in [-0.25, -0.2) is 4.98 Å². The third kappa shape index (κ3) is 5.00. The summed E-state index contributed by atoms with van der Waals surface area (Å²) in [4.78, 5) is 18.8. The zero-order chi connectivity index (χ0) is 22.5. The van der Waals surface area contributed by atoms with E-state index in [0.29, 0.717) is 32.2 Å². The van der Waals surface area contributed by atoms with Gasteiger partial charge in [0.2, 0.25) is 5.89 Å². The first kappa shape index (κ1) is 22.0. The predicted molar refractivity (Wildman–Crippen MR) is 119 cm³/mol. The highest BCUT2D eigenvalue weighted by Gasteiger charge is 2.30. The van der Waals surface area contributed by atoms with E-state index in [1.165, 1.54) is 7.11 Å². The summed E-state index contributed by atoms with van der Waals surface area (Å²) in [6.07, 6.45) is -0.280. The van der Waals surface area contributed by atoms with Crippen molar-refractivity contribution < 1.29 is 23.4 Å². The van der Waals surface area contributed by atoms with E-state index in [1.54, 1.807) is 0 Å². The molecule has 0 saturated carbocycles. The van der Waals surface area contributed by atoms with Gasteiger partial charge in [0.15, 0.2) is 0 Å². The maximum absolute atomic E-state index is 12.1. The van der Waals surface area contributed by atoms with Crippen LogP contribution in [-0.4, -0.2) is 48.8 Å². The Morgan fingerprint density at radius 3 is 2.81 bits per heavy atom. The number of morpholine rings is 1. The Bertz CT molecular complexity index is 1050. The normalized spacial score (nSPS) is 17.7. The SMILES string of the molecule is COC(=O)[C@@H]1COCCN1Cc1cccc(OC(C)c2nc(-c3ccccc3)oc2C)c1. The van der Waals surface area contributed by atoms with Gasteiger partial charge >= 0.3 is 5.97 Å². The highest BCUT2D eigenvalue weighted by Crippen LogP contribution is 2.29. The maximum Gasteiger partial charge on any atom is 0.325 e. The lowest BCUT2D eigenvalue weighted by Crippen LogP contribution is -2.49. The first-order valence-corrected chi connectivity index (χ1v) is 10.7. The van der Waals surface area contributed by atoms with Crippen molar-refractivity contribution in [1.82, 2.24) is 9.88 Å². The summed E-state index contributed by atoms with van der Waals surface area (Å²) in [7, 11) is 1.40. The number of carbonyl (C=O) groups excluding carboxylic acids is 1. The Kier molecular flexibility index (Phi) is 6.87. The van der Waals surface area contributed by atoms with Gasteiger partial charge in [-0.15, -0.1) is 0 Å². The molecule has 168 valence electrons. The molecule has 7 nitrogen and oxygen atoms in total. The number of nitrogens with zero attached hydrogens (tertiary/aromatic N) is 2. The summed E-state index contributed by atoms with van der Waals surface area (Å²) in [5.74, 6) is 1.79. The molecule has 0 spiro atoms. The second kappa shape index (κ2) is 9.97. The molecule has 3 aromatic rings. The third-order valence-corrected chi connectivity index (χ3v) is 5.55. The average molecular weight is 437 g/mol. The van der Waals surface area contributed by atoms with E-state index in [9.17, 15) is 4.79 Å². The zero-order valence-electron chi connectivity index (χ0n) is 18.6. The molecular weight excluding hydrogens is 408 g/mol. The second-order valence-corrected chi connectivity index (χ2v) is 7.82. The number of hydrogen-bond donors (Lipinski definition) is 0. The predicted octanol–water partition coefficient (Wildman–Crippen LogP) is 4.16. The Morgan fingerprint density at radius 2 is 2.03 bits per heavy atom. The lowest BCUT2D eigenvalue weighted by molar-refractivity contribution is -0.153. The summed E-state index contributed by atoms with van der Waals surface area (Å²) in [5.41, 5.74) is 2.75. The zero-order valence-corrected chi connectivity index (χ0v) is 18.6. The van der Waals surface area contributed by atoms with Gasteiger partial charge in [-0.2, -0.15) is 0 Å². The van der Waals surface area contributed by atoms with E-state index in [4.69, 9.17) is 18.6 Å². The van der Waals surface area contributed by atoms with Crippen LogP contribution in [0.25, 0.3) is 11.5 Å². The third-order valence-electron chi connectivity index (χ3n) is 5.55. The van der Waals surface area contributed by atoms with E-state index in [1.807, 2.05) is 68.4 Å². The van der Waals surface area contributed by atoms with E-state index < -0.39 is 6.04 Å². The lowest BCUT2D eigenvalue weighted by Gasteiger charge is -2.33. The average Bonchev–Trinajstić information content (AvgIpc) is 3.21. The van der Waals surface area contributed by atoms with Crippen LogP contribution in [-0.2, 0) is 20.8 Å². The van der Waals surface area contributed by atoms with Gasteiger partial charge in [-0.1, -0.05) is 30.3 Å². The second-order valence-electron chi connectivity index (χ2n) is 7.82. The standard InChI is InChI=1S/C25H28N2O5/c1-17(23-18(2)32-24(26-23)20-9-5-4-6-10-20)31-21-11-7-8-19(14-21)15-27-12-13-30-16-22(27)25(28)29-3/h4-11,14,17,22H,12-13,15-16H2,1-3H3/t17?,22-/m0/s1. The number of methoxy groups -OCH3 is 1. The molecule has 2 aromatic carbocycles. The molecule has 1 aliphatic heterocycles. The Labute approximate surface area is 187 Å². The molecule has 1 aromatic heterocycles. The van der Waals surface area contributed by atoms with Crippen molar-refractivity contribution in [2.45, 2.75) is 32.5 Å². The van der Waals surface area contributed by atoms with Crippen molar-refractivity contribution in [3.63, 3.8) is 0 Å². The van der Waals surface area contributed by atoms with Gasteiger partial charge in [0, 0.05) is 18.7 Å². The van der Waals surface area contributed by atoms with Gasteiger partial charge in [0.25, 0.3) is 0 Å². The van der Waals surface area contributed by atoms with Crippen molar-refractivity contribution in [2.24, 2.45) is 0 Å². The Balaban J connectivity index is 1.46. The number of benzene rings is 2. The van der Waals surface area contributed by atoms with Gasteiger partial charge < -0.3 is 18.6 Å². The number of esters is 1. The molecule has 0 aliphatic carbocycles. The molecule has 0 radical (unpaired) electrons. The van der Waals surface area contributed by atoms with Crippen molar-refractivity contribution in [3.8, 4) is 17.2 Å². The highest BCUT2D eigenvalue weighted by atomic mass is 16.5. The smallest absolute Gasteiger partial charge is 0.325 e. The first-order valence-electron chi connectivity index (χ1n) is 10.7. The van der Waals surface area contributed by atoms with Crippen molar-refractivity contribution in [3.05, 3.63) is 71.6 Å². The number of oxazole rings is 1. The monoisotopic (exact) mass is 436 g/mol. The fourth-order valence-corrected chi connectivity index (χ4v) is 3.88. The highest BCUT2D eigenvalue weighted by molar-refractivity contribution is 5.75. The number of rotatable bonds is 7. The summed E-state index contributed by atoms with van der Waals surface area (Å²) < 4.78 is 22.5. The van der Waals surface area contributed by atoms with Gasteiger partial charge in [-0.05, 0) is 43.7 Å². The molecular formula is C25H28N2O5. The summed E-state index contributed by atoms with van der Waals surface area (Å²) in [6.45, 7) is 6.07. The van der Waals surface area contributed by atoms with Gasteiger partial charge in [0.05, 0.1) is 20.3 Å². The first-order chi connectivity index (χ1) is 15.5. The number of aromatic nitrogens is 1. The van der Waals surface area contributed by atoms with Crippen LogP contribution in [0.5, 0.6) is 5.75 Å². The van der Waals surface area contributed by atoms with Crippen molar-refractivity contribution in [1.29, 1.82) is 0 Å². The quantitative estimate of drug-likeness (QED) is 0.515. The summed E-state index contributed by atoms with van der Waals surface area (Å²) in [6, 6.07) is 17.3. The van der Waals surface area contributed by atoms with Crippen LogP contribution in [0.1, 0.15) is 30.0 Å². The molecule has 0 N–H and O–H groups in total. The molecule has 7 heteroatoms. The minimum atomic E-state index is -0.397. The van der Waals surface area contributed by atoms with E-state index in [2.05, 4.69) is 9.88 Å². The number of ether oxygens (including phenoxy) is 3. The molecule has 4 rings (SSSR count). The molecule has 1 unspecified atom stereocenters. The Morgan fingerprint density at radius 1 is 1.22 bits per heavy atom. The largest absolute Gasteiger partial charge is 0.484 e. The molecule has 2 atom stereocenters. The van der Waals surface area contributed by atoms with Crippen LogP contribution in [0.2, 0.25) is 0 Å². The lowest BCUT2D eigenvalue weighted by atomic mass is 10.1. The fraction of sp³-hybridized carbons (Fsp3) is 0.360. The number of hydrogen-bond acceptors (Lipinski definition) is 7. The molecule has 1 aliphatic rings. The van der Waals surface area contributed by atoms with Crippen LogP contribution >= 0.6 is 0 Å². The van der Waals surface area contributed by atoms with Crippen molar-refractivity contribution in [2.75, 3.05) is 26.9 Å². The van der Waals surface area contributed by atoms with Crippen LogP contribution < -0.4 is 4.74 Å². The number of carbonyl (C=O) groups is 1. The van der Waals surface area contributed by atoms with E-state index in [-0.39, 0.29) is 12.1 Å². The van der Waals surface area contributed by atoms with Crippen LogP contribution in [0.4, 0.5) is 0 Å². The molecule has 32 heavy (non-hydrogen) atoms. The molecule has 0 bridgehead atoms. The Hall–Kier alpha value is -3.16. The maximum atomic E-state index is 12.1. The summed E-state index contributed by atoms with van der Waals surface area (Å²) >= 11 is 0. The topological polar surface area (TPSA) is 74.0 Å². The van der Waals surface area contributed by atoms with Crippen LogP contribution in [0.3, 0.4) is 0 Å². The van der Waals surface area contributed by atoms with Gasteiger partial charge in [0.1, 0.15) is 29.3 Å². The summed E-state index contributed by atoms with van der Waals surface area (Å²) in [5, 5.41) is 0. The number of aryl methyl sites for hydroxylation is 1. The van der Waals surface area contributed by atoms with E-state index >= 15 is 0 Å². The van der Waals surface area contributed by atoms with Crippen LogP contribution in [0.15, 0.2) is 59.0 Å². The molecule has 0 amide bonds. The van der Waals surface area contributed by atoms with Gasteiger partial charge in [-0.3, -0.25) is 9.69 Å². The molecule has 1 fully saturated rings. The van der Waals surface area contributed by atoms with Crippen LogP contribution in [0, 0.1) is 6.92 Å². The van der Waals surface area contributed by atoms with Crippen molar-refractivity contribution >= 4 is 5.97 Å². The fourth-order valence-electron chi connectivity index (χ4n) is 3.88. The van der Waals surface area contributed by atoms with E-state index in [0.717, 1.165) is 28.3 Å². The minimum absolute atomic E-state index is 0.276. The molecule has 1 saturated heterocycles.